The highest BCUT2D eigenvalue weighted by Crippen LogP contribution is 2.33. The van der Waals surface area contributed by atoms with Crippen LogP contribution >= 0.6 is 0 Å². The maximum Gasteiger partial charge on any atom is 0.220 e. The molecule has 3 aliphatic heterocycles. The molecule has 0 radical (unpaired) electrons. The maximum atomic E-state index is 13.4. The molecule has 19 heteroatoms. The summed E-state index contributed by atoms with van der Waals surface area (Å²) in [4.78, 5) is 13.4. The van der Waals surface area contributed by atoms with Gasteiger partial charge in [-0.25, -0.2) is 0 Å². The molecule has 17 atom stereocenters. The highest BCUT2D eigenvalue weighted by Gasteiger charge is 2.53. The van der Waals surface area contributed by atoms with Crippen molar-refractivity contribution >= 4 is 5.91 Å². The van der Waals surface area contributed by atoms with Gasteiger partial charge in [0.1, 0.15) is 73.2 Å². The Balaban J connectivity index is 1.36. The van der Waals surface area contributed by atoms with Crippen LogP contribution in [0.5, 0.6) is 0 Å². The number of rotatable bonds is 58. The van der Waals surface area contributed by atoms with Gasteiger partial charge in [-0.3, -0.25) is 4.79 Å². The number of aliphatic hydroxyl groups is 11. The highest BCUT2D eigenvalue weighted by atomic mass is 16.8. The standard InChI is InChI=1S/C78H135NO18/c1-3-5-7-9-11-13-15-17-19-21-22-23-24-25-26-27-28-29-30-31-32-33-34-35-36-37-38-40-42-44-46-48-50-52-54-56-66(84)79-61(62(83)55-53-51-49-47-45-43-41-39-20-18-16-14-12-10-8-6-4-2)60-92-76-72(90)69(87)74(64(58-81)94-76)97-78-73(91)70(88)75(65(59-82)95-78)96-77-71(89)68(86)67(85)63(57-80)93-77/h5,7,11,13,17,19,22-23,25-26,28-29,45,47,53,55,61-65,67-78,80-83,85-91H,3-4,6,8-10,12,14-16,18,20-21,24,27,30-44,46,48-52,54,56-60H2,1-2H3,(H,79,84)/b7-5-,13-11-,19-17-,23-22-,26-25-,29-28-,47-45+,55-53+. The normalized spacial score (nSPS) is 27.5. The van der Waals surface area contributed by atoms with E-state index in [9.17, 15) is 61.0 Å². The second kappa shape index (κ2) is 58.2. The van der Waals surface area contributed by atoms with E-state index >= 15 is 0 Å². The Morgan fingerprint density at radius 2 is 0.722 bits per heavy atom. The van der Waals surface area contributed by atoms with E-state index in [1.54, 1.807) is 6.08 Å². The second-order valence-corrected chi connectivity index (χ2v) is 26.7. The number of hydrogen-bond acceptors (Lipinski definition) is 18. The van der Waals surface area contributed by atoms with Crippen LogP contribution in [0.1, 0.15) is 258 Å². The van der Waals surface area contributed by atoms with Crippen molar-refractivity contribution in [2.75, 3.05) is 26.4 Å². The fraction of sp³-hybridized carbons (Fsp3) is 0.782. The molecule has 3 heterocycles. The first-order valence-electron chi connectivity index (χ1n) is 38.0. The average molecular weight is 1370 g/mol. The fourth-order valence-corrected chi connectivity index (χ4v) is 12.3. The Morgan fingerprint density at radius 1 is 0.381 bits per heavy atom. The number of carbonyl (C=O) groups is 1. The number of hydrogen-bond donors (Lipinski definition) is 12. The first-order chi connectivity index (χ1) is 47.3. The molecule has 0 aliphatic carbocycles. The van der Waals surface area contributed by atoms with E-state index in [4.69, 9.17) is 28.4 Å². The first kappa shape index (κ1) is 87.9. The first-order valence-corrected chi connectivity index (χ1v) is 38.0. The lowest BCUT2D eigenvalue weighted by molar-refractivity contribution is -0.379. The van der Waals surface area contributed by atoms with Crippen LogP contribution in [0.2, 0.25) is 0 Å². The summed E-state index contributed by atoms with van der Waals surface area (Å²) in [6, 6.07) is -0.995. The molecule has 3 rings (SSSR count). The van der Waals surface area contributed by atoms with Crippen LogP contribution in [0.25, 0.3) is 0 Å². The van der Waals surface area contributed by atoms with Gasteiger partial charge >= 0.3 is 0 Å². The van der Waals surface area contributed by atoms with Gasteiger partial charge in [0.25, 0.3) is 0 Å². The molecule has 17 unspecified atom stereocenters. The van der Waals surface area contributed by atoms with Gasteiger partial charge in [-0.05, 0) is 83.5 Å². The van der Waals surface area contributed by atoms with E-state index in [1.807, 2.05) is 6.08 Å². The molecule has 3 aliphatic rings. The van der Waals surface area contributed by atoms with E-state index in [-0.39, 0.29) is 18.9 Å². The number of ether oxygens (including phenoxy) is 6. The molecule has 0 aromatic rings. The van der Waals surface area contributed by atoms with Crippen LogP contribution < -0.4 is 5.32 Å². The van der Waals surface area contributed by atoms with Crippen molar-refractivity contribution in [3.05, 3.63) is 97.2 Å². The zero-order valence-electron chi connectivity index (χ0n) is 59.5. The number of allylic oxidation sites excluding steroid dienone is 15. The second-order valence-electron chi connectivity index (χ2n) is 26.7. The number of amides is 1. The smallest absolute Gasteiger partial charge is 0.220 e. The van der Waals surface area contributed by atoms with Gasteiger partial charge in [0.05, 0.1) is 38.6 Å². The lowest BCUT2D eigenvalue weighted by Gasteiger charge is -2.48. The van der Waals surface area contributed by atoms with Crippen molar-refractivity contribution in [2.24, 2.45) is 0 Å². The van der Waals surface area contributed by atoms with E-state index in [1.165, 1.54) is 148 Å². The fourth-order valence-electron chi connectivity index (χ4n) is 12.3. The summed E-state index contributed by atoms with van der Waals surface area (Å²) in [5, 5.41) is 121. The van der Waals surface area contributed by atoms with Crippen molar-refractivity contribution in [2.45, 2.75) is 362 Å². The Morgan fingerprint density at radius 3 is 1.15 bits per heavy atom. The zero-order chi connectivity index (χ0) is 70.4. The minimum Gasteiger partial charge on any atom is -0.394 e. The van der Waals surface area contributed by atoms with E-state index < -0.39 is 124 Å². The largest absolute Gasteiger partial charge is 0.394 e. The minimum atomic E-state index is -1.98. The van der Waals surface area contributed by atoms with E-state index in [0.717, 1.165) is 77.0 Å². The molecule has 1 amide bonds. The van der Waals surface area contributed by atoms with Gasteiger partial charge < -0.3 is 89.9 Å². The van der Waals surface area contributed by atoms with Crippen molar-refractivity contribution in [3.8, 4) is 0 Å². The third kappa shape index (κ3) is 39.1. The van der Waals surface area contributed by atoms with Gasteiger partial charge in [-0.1, -0.05) is 265 Å². The summed E-state index contributed by atoms with van der Waals surface area (Å²) in [7, 11) is 0. The molecule has 560 valence electrons. The summed E-state index contributed by atoms with van der Waals surface area (Å²) >= 11 is 0. The molecule has 0 aromatic heterocycles. The molecule has 3 saturated heterocycles. The van der Waals surface area contributed by atoms with Gasteiger partial charge in [-0.15, -0.1) is 0 Å². The van der Waals surface area contributed by atoms with Crippen LogP contribution in [-0.4, -0.2) is 193 Å². The third-order valence-electron chi connectivity index (χ3n) is 18.4. The van der Waals surface area contributed by atoms with E-state index in [0.29, 0.717) is 12.8 Å². The molecule has 0 saturated carbocycles. The number of nitrogens with one attached hydrogen (secondary N) is 1. The highest BCUT2D eigenvalue weighted by molar-refractivity contribution is 5.76. The SMILES string of the molecule is CC/C=C\C/C=C\C/C=C\C/C=C\C/C=C\C/C=C\CCCCCCCCCCCCCCCCCCC(=O)NC(COC1OC(CO)C(OC2OC(CO)C(OC3OC(CO)C(O)C(O)C3O)C(O)C2O)C(O)C1O)C(O)/C=C/CC/C=C/CCCCCCCCCCCCC. The van der Waals surface area contributed by atoms with Gasteiger partial charge in [0.2, 0.25) is 5.91 Å². The maximum absolute atomic E-state index is 13.4. The lowest BCUT2D eigenvalue weighted by Crippen LogP contribution is -2.66. The van der Waals surface area contributed by atoms with Crippen LogP contribution in [0.3, 0.4) is 0 Å². The van der Waals surface area contributed by atoms with Gasteiger partial charge in [-0.2, -0.15) is 0 Å². The molecule has 97 heavy (non-hydrogen) atoms. The monoisotopic (exact) mass is 1370 g/mol. The van der Waals surface area contributed by atoms with Crippen molar-refractivity contribution < 1.29 is 89.4 Å². The quantitative estimate of drug-likeness (QED) is 0.0199. The summed E-state index contributed by atoms with van der Waals surface area (Å²) in [5.41, 5.74) is 0. The zero-order valence-corrected chi connectivity index (χ0v) is 59.5. The van der Waals surface area contributed by atoms with Gasteiger partial charge in [0.15, 0.2) is 18.9 Å². The van der Waals surface area contributed by atoms with Crippen LogP contribution in [0.4, 0.5) is 0 Å². The Hall–Kier alpha value is -3.29. The Bertz CT molecular complexity index is 2130. The van der Waals surface area contributed by atoms with Crippen LogP contribution in [0.15, 0.2) is 97.2 Å². The topological polar surface area (TPSA) is 307 Å². The summed E-state index contributed by atoms with van der Waals surface area (Å²) in [6.07, 6.45) is 51.1. The molecule has 19 nitrogen and oxygen atoms in total. The number of unbranched alkanes of at least 4 members (excludes halogenated alkanes) is 28. The van der Waals surface area contributed by atoms with Crippen molar-refractivity contribution in [3.63, 3.8) is 0 Å². The third-order valence-corrected chi connectivity index (χ3v) is 18.4. The van der Waals surface area contributed by atoms with Gasteiger partial charge in [0, 0.05) is 6.42 Å². The minimum absolute atomic E-state index is 0.232. The molecular formula is C78H135NO18. The summed E-state index contributed by atoms with van der Waals surface area (Å²) < 4.78 is 34.4. The number of carbonyl (C=O) groups excluding carboxylic acids is 1. The molecule has 3 fully saturated rings. The van der Waals surface area contributed by atoms with Crippen molar-refractivity contribution in [1.82, 2.24) is 5.32 Å². The molecule has 0 aromatic carbocycles. The molecule has 12 N–H and O–H groups in total. The van der Waals surface area contributed by atoms with E-state index in [2.05, 4.69) is 104 Å². The van der Waals surface area contributed by atoms with Crippen LogP contribution in [-0.2, 0) is 33.2 Å². The predicted molar refractivity (Wildman–Crippen MR) is 383 cm³/mol. The summed E-state index contributed by atoms with van der Waals surface area (Å²) in [5.74, 6) is -0.287. The van der Waals surface area contributed by atoms with Crippen LogP contribution in [0, 0.1) is 0 Å². The molecular weight excluding hydrogens is 1240 g/mol. The Labute approximate surface area is 583 Å². The van der Waals surface area contributed by atoms with Crippen molar-refractivity contribution in [1.29, 1.82) is 0 Å². The molecule has 0 spiro atoms. The average Bonchev–Trinajstić information content (AvgIpc) is 0.792. The summed E-state index contributed by atoms with van der Waals surface area (Å²) in [6.45, 7) is 1.60. The predicted octanol–water partition coefficient (Wildman–Crippen LogP) is 11.6. The molecule has 0 bridgehead atoms. The lowest BCUT2D eigenvalue weighted by atomic mass is 9.96. The number of aliphatic hydroxyl groups excluding tert-OH is 11. The Kier molecular flexibility index (Phi) is 52.8.